The number of ether oxygens (including phenoxy) is 1. The van der Waals surface area contributed by atoms with Crippen molar-refractivity contribution in [1.29, 1.82) is 0 Å². The fourth-order valence-corrected chi connectivity index (χ4v) is 3.57. The third-order valence-electron chi connectivity index (χ3n) is 5.12. The Morgan fingerprint density at radius 1 is 0.971 bits per heavy atom. The normalized spacial score (nSPS) is 10.9. The molecule has 0 unspecified atom stereocenters. The molecule has 8 heteroatoms. The van der Waals surface area contributed by atoms with Gasteiger partial charge in [0.25, 0.3) is 11.8 Å². The van der Waals surface area contributed by atoms with Crippen molar-refractivity contribution in [3.63, 3.8) is 0 Å². The molecule has 0 saturated carbocycles. The second kappa shape index (κ2) is 11.3. The van der Waals surface area contributed by atoms with Crippen LogP contribution in [0.4, 0.5) is 4.39 Å². The fourth-order valence-electron chi connectivity index (χ4n) is 3.38. The molecule has 4 aromatic carbocycles. The van der Waals surface area contributed by atoms with Crippen LogP contribution in [0.2, 0.25) is 5.02 Å². The Morgan fingerprint density at radius 2 is 1.77 bits per heavy atom. The summed E-state index contributed by atoms with van der Waals surface area (Å²) >= 11 is 5.89. The Morgan fingerprint density at radius 3 is 2.57 bits per heavy atom. The SMILES string of the molecule is O=C(CNC(=O)c1cccc(Cl)c1)NN=Cc1c(OCc2ccc(F)cc2)ccc2ccccc12. The molecule has 0 heterocycles. The molecule has 0 bridgehead atoms. The van der Waals surface area contributed by atoms with E-state index in [1.807, 2.05) is 36.4 Å². The Hall–Kier alpha value is -4.23. The van der Waals surface area contributed by atoms with Gasteiger partial charge in [-0.2, -0.15) is 5.10 Å². The lowest BCUT2D eigenvalue weighted by atomic mass is 10.0. The predicted octanol–water partition coefficient (Wildman–Crippen LogP) is 5.09. The number of hydrogen-bond donors (Lipinski definition) is 2. The van der Waals surface area contributed by atoms with Crippen molar-refractivity contribution in [3.05, 3.63) is 112 Å². The lowest BCUT2D eigenvalue weighted by Crippen LogP contribution is -2.34. The predicted molar refractivity (Wildman–Crippen MR) is 134 cm³/mol. The van der Waals surface area contributed by atoms with Gasteiger partial charge in [-0.1, -0.05) is 60.1 Å². The van der Waals surface area contributed by atoms with Gasteiger partial charge in [0.2, 0.25) is 0 Å². The Balaban J connectivity index is 1.43. The van der Waals surface area contributed by atoms with Gasteiger partial charge in [-0.3, -0.25) is 9.59 Å². The first-order valence-electron chi connectivity index (χ1n) is 10.7. The third kappa shape index (κ3) is 6.43. The minimum Gasteiger partial charge on any atom is -0.488 e. The van der Waals surface area contributed by atoms with Crippen LogP contribution in [0.1, 0.15) is 21.5 Å². The number of carbonyl (C=O) groups excluding carboxylic acids is 2. The van der Waals surface area contributed by atoms with Crippen molar-refractivity contribution in [2.75, 3.05) is 6.54 Å². The second-order valence-electron chi connectivity index (χ2n) is 7.60. The third-order valence-corrected chi connectivity index (χ3v) is 5.35. The van der Waals surface area contributed by atoms with Gasteiger partial charge in [0, 0.05) is 16.1 Å². The van der Waals surface area contributed by atoms with Crippen LogP contribution in [0.3, 0.4) is 0 Å². The molecule has 4 rings (SSSR count). The number of amides is 2. The van der Waals surface area contributed by atoms with Crippen LogP contribution in [0.5, 0.6) is 5.75 Å². The van der Waals surface area contributed by atoms with E-state index in [0.717, 1.165) is 16.3 Å². The van der Waals surface area contributed by atoms with E-state index >= 15 is 0 Å². The monoisotopic (exact) mass is 489 g/mol. The lowest BCUT2D eigenvalue weighted by molar-refractivity contribution is -0.120. The highest BCUT2D eigenvalue weighted by molar-refractivity contribution is 6.31. The summed E-state index contributed by atoms with van der Waals surface area (Å²) < 4.78 is 19.1. The number of nitrogens with one attached hydrogen (secondary N) is 2. The first-order valence-corrected chi connectivity index (χ1v) is 11.1. The Labute approximate surface area is 206 Å². The van der Waals surface area contributed by atoms with E-state index in [9.17, 15) is 14.0 Å². The number of nitrogens with zero attached hydrogens (tertiary/aromatic N) is 1. The van der Waals surface area contributed by atoms with Gasteiger partial charge >= 0.3 is 0 Å². The van der Waals surface area contributed by atoms with E-state index < -0.39 is 11.8 Å². The maximum Gasteiger partial charge on any atom is 0.259 e. The molecule has 0 aromatic heterocycles. The van der Waals surface area contributed by atoms with E-state index in [2.05, 4.69) is 15.8 Å². The highest BCUT2D eigenvalue weighted by Gasteiger charge is 2.10. The number of rotatable bonds is 8. The number of hydrazone groups is 1. The van der Waals surface area contributed by atoms with E-state index in [-0.39, 0.29) is 19.0 Å². The van der Waals surface area contributed by atoms with Crippen molar-refractivity contribution in [2.45, 2.75) is 6.61 Å². The largest absolute Gasteiger partial charge is 0.488 e. The smallest absolute Gasteiger partial charge is 0.259 e. The van der Waals surface area contributed by atoms with Gasteiger partial charge in [-0.05, 0) is 52.7 Å². The van der Waals surface area contributed by atoms with Gasteiger partial charge < -0.3 is 10.1 Å². The van der Waals surface area contributed by atoms with E-state index in [1.165, 1.54) is 24.4 Å². The molecule has 2 amide bonds. The average Bonchev–Trinajstić information content (AvgIpc) is 2.87. The molecule has 0 aliphatic heterocycles. The molecule has 0 aliphatic carbocycles. The molecule has 0 atom stereocenters. The maximum absolute atomic E-state index is 13.2. The van der Waals surface area contributed by atoms with Crippen LogP contribution in [0, 0.1) is 5.82 Å². The summed E-state index contributed by atoms with van der Waals surface area (Å²) in [6, 6.07) is 23.9. The first-order chi connectivity index (χ1) is 17.0. The van der Waals surface area contributed by atoms with Crippen molar-refractivity contribution in [3.8, 4) is 5.75 Å². The van der Waals surface area contributed by atoms with E-state index in [1.54, 1.807) is 30.3 Å². The summed E-state index contributed by atoms with van der Waals surface area (Å²) in [5, 5.41) is 8.87. The Kier molecular flexibility index (Phi) is 7.70. The molecule has 35 heavy (non-hydrogen) atoms. The lowest BCUT2D eigenvalue weighted by Gasteiger charge is -2.12. The second-order valence-corrected chi connectivity index (χ2v) is 8.04. The van der Waals surface area contributed by atoms with Crippen molar-refractivity contribution < 1.29 is 18.7 Å². The number of fused-ring (bicyclic) bond motifs is 1. The zero-order valence-electron chi connectivity index (χ0n) is 18.5. The highest BCUT2D eigenvalue weighted by atomic mass is 35.5. The molecule has 6 nitrogen and oxygen atoms in total. The first kappa shape index (κ1) is 23.9. The van der Waals surface area contributed by atoms with Crippen LogP contribution in [-0.2, 0) is 11.4 Å². The molecule has 0 radical (unpaired) electrons. The molecular weight excluding hydrogens is 469 g/mol. The van der Waals surface area contributed by atoms with Gasteiger partial charge in [-0.25, -0.2) is 9.82 Å². The van der Waals surface area contributed by atoms with Crippen LogP contribution in [-0.4, -0.2) is 24.6 Å². The van der Waals surface area contributed by atoms with Crippen molar-refractivity contribution >= 4 is 40.4 Å². The molecule has 2 N–H and O–H groups in total. The van der Waals surface area contributed by atoms with Gasteiger partial charge in [0.15, 0.2) is 0 Å². The fraction of sp³-hybridized carbons (Fsp3) is 0.0741. The zero-order chi connectivity index (χ0) is 24.6. The molecule has 4 aromatic rings. The number of hydrogen-bond acceptors (Lipinski definition) is 4. The standard InChI is InChI=1S/C27H21ClFN3O3/c28-21-6-3-5-20(14-21)27(34)30-16-26(33)32-31-15-24-23-7-2-1-4-19(23)10-13-25(24)35-17-18-8-11-22(29)12-9-18/h1-15H,16-17H2,(H,30,34)(H,32,33). The van der Waals surface area contributed by atoms with E-state index in [4.69, 9.17) is 16.3 Å². The van der Waals surface area contributed by atoms with Gasteiger partial charge in [0.05, 0.1) is 12.8 Å². The molecule has 0 aliphatic rings. The quantitative estimate of drug-likeness (QED) is 0.267. The van der Waals surface area contributed by atoms with Crippen molar-refractivity contribution in [1.82, 2.24) is 10.7 Å². The van der Waals surface area contributed by atoms with Crippen LogP contribution in [0.15, 0.2) is 90.0 Å². The minimum atomic E-state index is -0.495. The molecule has 0 fully saturated rings. The van der Waals surface area contributed by atoms with Crippen LogP contribution >= 0.6 is 11.6 Å². The molecule has 0 spiro atoms. The summed E-state index contributed by atoms with van der Waals surface area (Å²) in [6.07, 6.45) is 1.50. The highest BCUT2D eigenvalue weighted by Crippen LogP contribution is 2.27. The number of benzene rings is 4. The molecule has 0 saturated heterocycles. The van der Waals surface area contributed by atoms with Crippen LogP contribution in [0.25, 0.3) is 10.8 Å². The minimum absolute atomic E-state index is 0.237. The summed E-state index contributed by atoms with van der Waals surface area (Å²) in [4.78, 5) is 24.4. The summed E-state index contributed by atoms with van der Waals surface area (Å²) in [5.41, 5.74) is 4.25. The maximum atomic E-state index is 13.2. The average molecular weight is 490 g/mol. The van der Waals surface area contributed by atoms with Gasteiger partial charge in [-0.15, -0.1) is 0 Å². The zero-order valence-corrected chi connectivity index (χ0v) is 19.3. The molecular formula is C27H21ClFN3O3. The molecule has 176 valence electrons. The summed E-state index contributed by atoms with van der Waals surface area (Å²) in [6.45, 7) is -0.0203. The summed E-state index contributed by atoms with van der Waals surface area (Å²) in [5.74, 6) is -0.671. The number of carbonyl (C=O) groups is 2. The summed E-state index contributed by atoms with van der Waals surface area (Å²) in [7, 11) is 0. The topological polar surface area (TPSA) is 79.8 Å². The van der Waals surface area contributed by atoms with Gasteiger partial charge in [0.1, 0.15) is 18.2 Å². The van der Waals surface area contributed by atoms with Crippen molar-refractivity contribution in [2.24, 2.45) is 5.10 Å². The van der Waals surface area contributed by atoms with E-state index in [0.29, 0.717) is 21.9 Å². The Bertz CT molecular complexity index is 1390. The van der Waals surface area contributed by atoms with Crippen LogP contribution < -0.4 is 15.5 Å². The number of halogens is 2.